The fourth-order valence-electron chi connectivity index (χ4n) is 3.13. The van der Waals surface area contributed by atoms with Crippen LogP contribution in [0.1, 0.15) is 6.42 Å². The van der Waals surface area contributed by atoms with Crippen LogP contribution in [0.15, 0.2) is 18.2 Å². The van der Waals surface area contributed by atoms with Gasteiger partial charge < -0.3 is 9.47 Å². The summed E-state index contributed by atoms with van der Waals surface area (Å²) in [6.07, 6.45) is 1.85. The molecule has 0 radical (unpaired) electrons. The lowest BCUT2D eigenvalue weighted by atomic mass is 10.3. The van der Waals surface area contributed by atoms with Crippen molar-refractivity contribution < 1.29 is 22.7 Å². The van der Waals surface area contributed by atoms with Crippen LogP contribution in [-0.4, -0.2) is 94.9 Å². The lowest BCUT2D eigenvalue weighted by molar-refractivity contribution is -0.118. The maximum Gasteiger partial charge on any atom is 0.244 e. The molecule has 1 amide bonds. The first-order valence-electron chi connectivity index (χ1n) is 9.74. The Bertz CT molecular complexity index is 972. The van der Waals surface area contributed by atoms with Crippen molar-refractivity contribution in [3.63, 3.8) is 0 Å². The molecule has 1 aliphatic rings. The normalized spacial score (nSPS) is 15.6. The number of benzene rings is 1. The Morgan fingerprint density at radius 1 is 1.33 bits per heavy atom. The second kappa shape index (κ2) is 10.0. The molecule has 0 atom stereocenters. The Morgan fingerprint density at radius 3 is 2.73 bits per heavy atom. The van der Waals surface area contributed by atoms with E-state index < -0.39 is 10.0 Å². The number of hydrogen-bond donors (Lipinski definition) is 0. The molecule has 0 unspecified atom stereocenters. The van der Waals surface area contributed by atoms with Crippen LogP contribution in [0, 0.1) is 0 Å². The highest BCUT2D eigenvalue weighted by Gasteiger charge is 2.24. The fourth-order valence-corrected chi connectivity index (χ4v) is 4.51. The number of anilines is 1. The molecule has 9 nitrogen and oxygen atoms in total. The van der Waals surface area contributed by atoms with Crippen molar-refractivity contribution in [2.45, 2.75) is 6.42 Å². The van der Waals surface area contributed by atoms with Gasteiger partial charge in [0.05, 0.1) is 43.3 Å². The first-order chi connectivity index (χ1) is 14.3. The highest BCUT2D eigenvalue weighted by Crippen LogP contribution is 2.31. The molecular formula is C19H28N4O5S2. The van der Waals surface area contributed by atoms with E-state index in [0.717, 1.165) is 65.8 Å². The van der Waals surface area contributed by atoms with Gasteiger partial charge in [-0.15, -0.1) is 0 Å². The molecule has 0 N–H and O–H groups in total. The Morgan fingerprint density at radius 2 is 2.07 bits per heavy atom. The molecule has 0 aliphatic carbocycles. The zero-order valence-electron chi connectivity index (χ0n) is 17.5. The number of carbonyl (C=O) groups is 1. The van der Waals surface area contributed by atoms with E-state index in [4.69, 9.17) is 9.47 Å². The van der Waals surface area contributed by atoms with Crippen LogP contribution in [0.25, 0.3) is 10.2 Å². The summed E-state index contributed by atoms with van der Waals surface area (Å²) in [5.74, 6) is 0.427. The summed E-state index contributed by atoms with van der Waals surface area (Å²) in [6.45, 7) is 4.29. The third kappa shape index (κ3) is 5.88. The molecule has 1 aromatic heterocycles. The number of rotatable bonds is 9. The maximum absolute atomic E-state index is 13.0. The van der Waals surface area contributed by atoms with Crippen molar-refractivity contribution in [3.05, 3.63) is 18.2 Å². The molecule has 0 saturated carbocycles. The van der Waals surface area contributed by atoms with Crippen molar-refractivity contribution in [2.75, 3.05) is 71.3 Å². The van der Waals surface area contributed by atoms with E-state index in [-0.39, 0.29) is 12.5 Å². The van der Waals surface area contributed by atoms with E-state index >= 15 is 0 Å². The maximum atomic E-state index is 13.0. The quantitative estimate of drug-likeness (QED) is 0.561. The average molecular weight is 457 g/mol. The molecule has 0 bridgehead atoms. The molecule has 1 aliphatic heterocycles. The number of thiazole rings is 1. The Balaban J connectivity index is 1.77. The van der Waals surface area contributed by atoms with Gasteiger partial charge in [-0.1, -0.05) is 11.3 Å². The van der Waals surface area contributed by atoms with Gasteiger partial charge in [0, 0.05) is 33.2 Å². The lowest BCUT2D eigenvalue weighted by Gasteiger charge is -2.28. The number of hydrogen-bond acceptors (Lipinski definition) is 8. The molecule has 30 heavy (non-hydrogen) atoms. The van der Waals surface area contributed by atoms with Crippen LogP contribution in [-0.2, 0) is 19.6 Å². The van der Waals surface area contributed by atoms with E-state index in [2.05, 4.69) is 9.88 Å². The first-order valence-corrected chi connectivity index (χ1v) is 12.4. The van der Waals surface area contributed by atoms with Crippen LogP contribution >= 0.6 is 11.3 Å². The zero-order chi connectivity index (χ0) is 21.7. The van der Waals surface area contributed by atoms with E-state index in [1.807, 2.05) is 18.2 Å². The number of fused-ring (bicyclic) bond motifs is 1. The SMILES string of the molecule is COc1ccc2nc(N(CCCN3CCOCC3)C(=O)CN(C)S(C)(=O)=O)sc2c1. The zero-order valence-corrected chi connectivity index (χ0v) is 19.2. The summed E-state index contributed by atoms with van der Waals surface area (Å²) in [7, 11) is -0.447. The molecule has 1 fully saturated rings. The predicted octanol–water partition coefficient (Wildman–Crippen LogP) is 1.25. The van der Waals surface area contributed by atoms with Crippen molar-refractivity contribution >= 4 is 42.6 Å². The Labute approximate surface area is 181 Å². The van der Waals surface area contributed by atoms with Gasteiger partial charge in [-0.2, -0.15) is 4.31 Å². The van der Waals surface area contributed by atoms with Gasteiger partial charge in [-0.05, 0) is 24.6 Å². The van der Waals surface area contributed by atoms with Crippen LogP contribution in [0.2, 0.25) is 0 Å². The van der Waals surface area contributed by atoms with Gasteiger partial charge in [-0.25, -0.2) is 13.4 Å². The van der Waals surface area contributed by atoms with E-state index in [1.54, 1.807) is 12.0 Å². The second-order valence-corrected chi connectivity index (χ2v) is 10.3. The summed E-state index contributed by atoms with van der Waals surface area (Å²) < 4.78 is 36.1. The number of likely N-dealkylation sites (N-methyl/N-ethyl adjacent to an activating group) is 1. The molecule has 11 heteroatoms. The average Bonchev–Trinajstić information content (AvgIpc) is 3.13. The minimum absolute atomic E-state index is 0.227. The number of nitrogens with zero attached hydrogens (tertiary/aromatic N) is 4. The first kappa shape index (κ1) is 22.9. The number of methoxy groups -OCH3 is 1. The smallest absolute Gasteiger partial charge is 0.244 e. The fraction of sp³-hybridized carbons (Fsp3) is 0.579. The summed E-state index contributed by atoms with van der Waals surface area (Å²) in [4.78, 5) is 21.5. The molecule has 0 spiro atoms. The number of sulfonamides is 1. The lowest BCUT2D eigenvalue weighted by Crippen LogP contribution is -2.43. The molecule has 3 rings (SSSR count). The second-order valence-electron chi connectivity index (χ2n) is 7.20. The van der Waals surface area contributed by atoms with Crippen LogP contribution in [0.3, 0.4) is 0 Å². The molecule has 2 aromatic rings. The number of amides is 1. The molecular weight excluding hydrogens is 428 g/mol. The monoisotopic (exact) mass is 456 g/mol. The van der Waals surface area contributed by atoms with Crippen LogP contribution in [0.4, 0.5) is 5.13 Å². The van der Waals surface area contributed by atoms with Gasteiger partial charge >= 0.3 is 0 Å². The molecule has 166 valence electrons. The van der Waals surface area contributed by atoms with Gasteiger partial charge in [0.25, 0.3) is 0 Å². The third-order valence-electron chi connectivity index (χ3n) is 5.00. The number of ether oxygens (including phenoxy) is 2. The largest absolute Gasteiger partial charge is 0.497 e. The van der Waals surface area contributed by atoms with E-state index in [1.165, 1.54) is 18.4 Å². The van der Waals surface area contributed by atoms with E-state index in [9.17, 15) is 13.2 Å². The minimum atomic E-state index is -3.45. The highest BCUT2D eigenvalue weighted by atomic mass is 32.2. The topological polar surface area (TPSA) is 92.3 Å². The minimum Gasteiger partial charge on any atom is -0.497 e. The van der Waals surface area contributed by atoms with Crippen molar-refractivity contribution in [3.8, 4) is 5.75 Å². The van der Waals surface area contributed by atoms with Crippen LogP contribution in [0.5, 0.6) is 5.75 Å². The van der Waals surface area contributed by atoms with E-state index in [0.29, 0.717) is 11.7 Å². The van der Waals surface area contributed by atoms with Crippen molar-refractivity contribution in [1.29, 1.82) is 0 Å². The highest BCUT2D eigenvalue weighted by molar-refractivity contribution is 7.88. The van der Waals surface area contributed by atoms with Gasteiger partial charge in [0.2, 0.25) is 15.9 Å². The number of morpholine rings is 1. The Kier molecular flexibility index (Phi) is 7.64. The van der Waals surface area contributed by atoms with Crippen molar-refractivity contribution in [2.24, 2.45) is 0 Å². The number of carbonyl (C=O) groups excluding carboxylic acids is 1. The molecule has 1 aromatic carbocycles. The van der Waals surface area contributed by atoms with Gasteiger partial charge in [0.1, 0.15) is 5.75 Å². The summed E-state index contributed by atoms with van der Waals surface area (Å²) in [5.41, 5.74) is 0.776. The molecule has 2 heterocycles. The summed E-state index contributed by atoms with van der Waals surface area (Å²) in [5, 5.41) is 0.562. The van der Waals surface area contributed by atoms with Crippen molar-refractivity contribution in [1.82, 2.24) is 14.2 Å². The summed E-state index contributed by atoms with van der Waals surface area (Å²) >= 11 is 1.40. The Hall–Kier alpha value is -1.79. The third-order valence-corrected chi connectivity index (χ3v) is 7.30. The predicted molar refractivity (Wildman–Crippen MR) is 118 cm³/mol. The van der Waals surface area contributed by atoms with Gasteiger partial charge in [0.15, 0.2) is 5.13 Å². The van der Waals surface area contributed by atoms with Gasteiger partial charge in [-0.3, -0.25) is 14.6 Å². The van der Waals surface area contributed by atoms with Crippen LogP contribution < -0.4 is 9.64 Å². The standard InChI is InChI=1S/C19H28N4O5S2/c1-21(30(3,25)26)14-18(24)23(8-4-7-22-9-11-28-12-10-22)19-20-16-6-5-15(27-2)13-17(16)29-19/h5-6,13H,4,7-12,14H2,1-3H3. The number of aromatic nitrogens is 1. The molecule has 1 saturated heterocycles. The summed E-state index contributed by atoms with van der Waals surface area (Å²) in [6, 6.07) is 5.57.